The molecule has 0 aliphatic heterocycles. The van der Waals surface area contributed by atoms with Crippen LogP contribution in [0.3, 0.4) is 0 Å². The number of aromatic amines is 1. The van der Waals surface area contributed by atoms with Crippen LogP contribution in [0.4, 0.5) is 11.4 Å². The van der Waals surface area contributed by atoms with E-state index >= 15 is 0 Å². The molecule has 1 heterocycles. The number of nitriles is 1. The Morgan fingerprint density at radius 2 is 2.00 bits per heavy atom. The van der Waals surface area contributed by atoms with E-state index in [0.717, 1.165) is 0 Å². The monoisotopic (exact) mass is 365 g/mol. The zero-order chi connectivity index (χ0) is 18.4. The van der Waals surface area contributed by atoms with Crippen molar-refractivity contribution in [3.05, 3.63) is 71.1 Å². The molecule has 26 heavy (non-hydrogen) atoms. The predicted molar refractivity (Wildman–Crippen MR) is 97.2 cm³/mol. The highest BCUT2D eigenvalue weighted by Crippen LogP contribution is 2.20. The van der Waals surface area contributed by atoms with Crippen molar-refractivity contribution in [2.75, 3.05) is 10.6 Å². The van der Waals surface area contributed by atoms with Crippen LogP contribution in [0.15, 0.2) is 54.7 Å². The second-order valence-electron chi connectivity index (χ2n) is 5.06. The van der Waals surface area contributed by atoms with E-state index in [1.54, 1.807) is 48.5 Å². The molecule has 128 valence electrons. The lowest BCUT2D eigenvalue weighted by atomic mass is 10.2. The number of anilines is 2. The highest BCUT2D eigenvalue weighted by atomic mass is 35.5. The summed E-state index contributed by atoms with van der Waals surface area (Å²) in [6, 6.07) is 15.8. The second-order valence-corrected chi connectivity index (χ2v) is 5.47. The molecule has 0 aliphatic rings. The number of rotatable bonds is 5. The van der Waals surface area contributed by atoms with Gasteiger partial charge in [-0.3, -0.25) is 4.79 Å². The quantitative estimate of drug-likeness (QED) is 0.598. The molecule has 0 spiro atoms. The average molecular weight is 366 g/mol. The van der Waals surface area contributed by atoms with E-state index in [1.165, 1.54) is 6.20 Å². The summed E-state index contributed by atoms with van der Waals surface area (Å²) in [5, 5.41) is 28.5. The molecule has 3 aromatic rings. The molecule has 8 nitrogen and oxygen atoms in total. The molecular formula is C17H12ClN7O. The first-order valence-corrected chi connectivity index (χ1v) is 7.82. The number of carbonyl (C=O) groups is 1. The van der Waals surface area contributed by atoms with Gasteiger partial charge in [0.05, 0.1) is 10.6 Å². The minimum Gasteiger partial charge on any atom is -0.360 e. The fraction of sp³-hybridized carbons (Fsp3) is 0. The molecule has 0 saturated heterocycles. The molecule has 0 atom stereocenters. The van der Waals surface area contributed by atoms with Crippen LogP contribution in [0.25, 0.3) is 5.57 Å². The van der Waals surface area contributed by atoms with Gasteiger partial charge in [0.1, 0.15) is 11.6 Å². The van der Waals surface area contributed by atoms with Gasteiger partial charge in [-0.05, 0) is 35.5 Å². The van der Waals surface area contributed by atoms with Gasteiger partial charge in [-0.15, -0.1) is 10.2 Å². The Bertz CT molecular complexity index is 992. The van der Waals surface area contributed by atoms with Crippen LogP contribution in [-0.4, -0.2) is 26.5 Å². The number of aromatic nitrogens is 4. The van der Waals surface area contributed by atoms with E-state index < -0.39 is 0 Å². The highest BCUT2D eigenvalue weighted by molar-refractivity contribution is 6.34. The molecule has 0 aliphatic carbocycles. The Balaban J connectivity index is 1.73. The first kappa shape index (κ1) is 17.1. The molecule has 2 aromatic carbocycles. The maximum Gasteiger partial charge on any atom is 0.257 e. The number of nitrogens with one attached hydrogen (secondary N) is 3. The van der Waals surface area contributed by atoms with Crippen molar-refractivity contribution in [1.29, 1.82) is 5.26 Å². The molecule has 0 unspecified atom stereocenters. The van der Waals surface area contributed by atoms with Crippen LogP contribution in [0.5, 0.6) is 0 Å². The van der Waals surface area contributed by atoms with Crippen molar-refractivity contribution in [3.63, 3.8) is 0 Å². The molecule has 0 fully saturated rings. The summed E-state index contributed by atoms with van der Waals surface area (Å²) in [5.41, 5.74) is 1.84. The number of halogens is 1. The van der Waals surface area contributed by atoms with Gasteiger partial charge in [0.2, 0.25) is 5.82 Å². The van der Waals surface area contributed by atoms with Gasteiger partial charge in [-0.25, -0.2) is 0 Å². The number of hydrogen-bond acceptors (Lipinski definition) is 6. The summed E-state index contributed by atoms with van der Waals surface area (Å²) < 4.78 is 0. The lowest BCUT2D eigenvalue weighted by molar-refractivity contribution is 0.102. The van der Waals surface area contributed by atoms with Crippen molar-refractivity contribution in [2.24, 2.45) is 0 Å². The third-order valence-electron chi connectivity index (χ3n) is 3.33. The summed E-state index contributed by atoms with van der Waals surface area (Å²) in [7, 11) is 0. The third-order valence-corrected chi connectivity index (χ3v) is 3.66. The molecule has 3 rings (SSSR count). The van der Waals surface area contributed by atoms with Gasteiger partial charge in [0.25, 0.3) is 5.91 Å². The molecule has 0 bridgehead atoms. The number of amides is 1. The Morgan fingerprint density at radius 1 is 1.19 bits per heavy atom. The molecular weight excluding hydrogens is 354 g/mol. The van der Waals surface area contributed by atoms with Crippen LogP contribution in [0.2, 0.25) is 5.02 Å². The first-order valence-electron chi connectivity index (χ1n) is 7.44. The van der Waals surface area contributed by atoms with Crippen LogP contribution in [0, 0.1) is 11.3 Å². The lowest BCUT2D eigenvalue weighted by Crippen LogP contribution is -2.12. The molecule has 3 N–H and O–H groups in total. The van der Waals surface area contributed by atoms with Crippen molar-refractivity contribution in [3.8, 4) is 6.07 Å². The largest absolute Gasteiger partial charge is 0.360 e. The van der Waals surface area contributed by atoms with Crippen LogP contribution < -0.4 is 10.6 Å². The maximum atomic E-state index is 12.3. The normalized spacial score (nSPS) is 10.8. The number of carbonyl (C=O) groups excluding carboxylic acids is 1. The Kier molecular flexibility index (Phi) is 5.22. The van der Waals surface area contributed by atoms with Gasteiger partial charge in [0, 0.05) is 17.6 Å². The van der Waals surface area contributed by atoms with E-state index in [1.807, 2.05) is 6.07 Å². The Morgan fingerprint density at radius 3 is 2.73 bits per heavy atom. The smallest absolute Gasteiger partial charge is 0.257 e. The fourth-order valence-corrected chi connectivity index (χ4v) is 2.33. The summed E-state index contributed by atoms with van der Waals surface area (Å²) in [5.74, 6) is -0.129. The second kappa shape index (κ2) is 7.92. The van der Waals surface area contributed by atoms with Crippen molar-refractivity contribution >= 4 is 34.5 Å². The summed E-state index contributed by atoms with van der Waals surface area (Å²) >= 11 is 6.03. The number of hydrogen-bond donors (Lipinski definition) is 3. The van der Waals surface area contributed by atoms with Gasteiger partial charge >= 0.3 is 0 Å². The maximum absolute atomic E-state index is 12.3. The number of nitrogens with zero attached hydrogens (tertiary/aromatic N) is 4. The standard InChI is InChI=1S/C17H12ClN7O/c18-15-7-2-1-6-14(15)17(26)21-13-5-3-4-12(8-13)20-10-11(9-19)16-22-24-25-23-16/h1-8,10,20H,(H,21,26)(H,22,23,24,25). The van der Waals surface area contributed by atoms with Gasteiger partial charge in [0.15, 0.2) is 0 Å². The Hall–Kier alpha value is -3.70. The van der Waals surface area contributed by atoms with Gasteiger partial charge < -0.3 is 10.6 Å². The number of H-pyrrole nitrogens is 1. The SMILES string of the molecule is N#CC(=CNc1cccc(NC(=O)c2ccccc2Cl)c1)c1nn[nH]n1. The molecule has 1 amide bonds. The zero-order valence-electron chi connectivity index (χ0n) is 13.3. The number of allylic oxidation sites excluding steroid dienone is 1. The van der Waals surface area contributed by atoms with Crippen LogP contribution in [-0.2, 0) is 0 Å². The molecule has 1 aromatic heterocycles. The van der Waals surface area contributed by atoms with E-state index in [2.05, 4.69) is 31.3 Å². The minimum absolute atomic E-state index is 0.183. The minimum atomic E-state index is -0.312. The average Bonchev–Trinajstić information content (AvgIpc) is 3.17. The summed E-state index contributed by atoms with van der Waals surface area (Å²) in [6.07, 6.45) is 1.46. The van der Waals surface area contributed by atoms with Crippen molar-refractivity contribution in [1.82, 2.24) is 20.6 Å². The molecule has 0 radical (unpaired) electrons. The lowest BCUT2D eigenvalue weighted by Gasteiger charge is -2.08. The van der Waals surface area contributed by atoms with Gasteiger partial charge in [-0.1, -0.05) is 29.8 Å². The fourth-order valence-electron chi connectivity index (χ4n) is 2.11. The molecule has 9 heteroatoms. The number of tetrazole rings is 1. The third kappa shape index (κ3) is 4.03. The Labute approximate surface area is 153 Å². The predicted octanol–water partition coefficient (Wildman–Crippen LogP) is 3.08. The van der Waals surface area contributed by atoms with Crippen LogP contribution >= 0.6 is 11.6 Å². The number of benzene rings is 2. The zero-order valence-corrected chi connectivity index (χ0v) is 14.0. The first-order chi connectivity index (χ1) is 12.7. The van der Waals surface area contributed by atoms with E-state index in [-0.39, 0.29) is 17.3 Å². The van der Waals surface area contributed by atoms with E-state index in [0.29, 0.717) is 22.0 Å². The highest BCUT2D eigenvalue weighted by Gasteiger charge is 2.10. The molecule has 0 saturated carbocycles. The summed E-state index contributed by atoms with van der Waals surface area (Å²) in [6.45, 7) is 0. The van der Waals surface area contributed by atoms with Gasteiger partial charge in [-0.2, -0.15) is 10.5 Å². The van der Waals surface area contributed by atoms with E-state index in [9.17, 15) is 4.79 Å². The summed E-state index contributed by atoms with van der Waals surface area (Å²) in [4.78, 5) is 12.3. The van der Waals surface area contributed by atoms with Crippen molar-refractivity contribution < 1.29 is 4.79 Å². The topological polar surface area (TPSA) is 119 Å². The van der Waals surface area contributed by atoms with E-state index in [4.69, 9.17) is 16.9 Å². The van der Waals surface area contributed by atoms with Crippen molar-refractivity contribution in [2.45, 2.75) is 0 Å². The van der Waals surface area contributed by atoms with Crippen LogP contribution in [0.1, 0.15) is 16.2 Å².